The minimum Gasteiger partial charge on any atom is -0.390 e. The molecule has 0 unspecified atom stereocenters. The minimum absolute atomic E-state index is 0.148. The van der Waals surface area contributed by atoms with Crippen LogP contribution in [0.5, 0.6) is 0 Å². The van der Waals surface area contributed by atoms with Crippen molar-refractivity contribution in [2.45, 2.75) is 52.1 Å². The molecule has 2 heteroatoms. The Bertz CT molecular complexity index is 282. The van der Waals surface area contributed by atoms with E-state index in [2.05, 4.69) is 39.8 Å². The quantitative estimate of drug-likeness (QED) is 0.798. The summed E-state index contributed by atoms with van der Waals surface area (Å²) >= 11 is 0. The normalized spacial score (nSPS) is 45.6. The Hall–Kier alpha value is -0.0800. The van der Waals surface area contributed by atoms with Crippen LogP contribution in [0.1, 0.15) is 46.5 Å². The van der Waals surface area contributed by atoms with Gasteiger partial charge in [0.25, 0.3) is 0 Å². The summed E-state index contributed by atoms with van der Waals surface area (Å²) in [5.74, 6) is 0.727. The van der Waals surface area contributed by atoms with Crippen molar-refractivity contribution in [2.24, 2.45) is 16.7 Å². The molecule has 2 fully saturated rings. The maximum Gasteiger partial charge on any atom is 0.0684 e. The molecule has 0 aliphatic heterocycles. The highest BCUT2D eigenvalue weighted by atomic mass is 16.3. The summed E-state index contributed by atoms with van der Waals surface area (Å²) in [7, 11) is 4.25. The van der Waals surface area contributed by atoms with Gasteiger partial charge in [-0.1, -0.05) is 13.8 Å². The van der Waals surface area contributed by atoms with Gasteiger partial charge in [-0.2, -0.15) is 0 Å². The summed E-state index contributed by atoms with van der Waals surface area (Å²) in [5.41, 5.74) is 0.0108. The molecule has 2 aliphatic rings. The van der Waals surface area contributed by atoms with Crippen LogP contribution in [0, 0.1) is 16.7 Å². The van der Waals surface area contributed by atoms with Crippen LogP contribution in [0.4, 0.5) is 0 Å². The maximum absolute atomic E-state index is 10.8. The molecule has 0 saturated heterocycles. The van der Waals surface area contributed by atoms with E-state index in [1.165, 1.54) is 12.8 Å². The van der Waals surface area contributed by atoms with E-state index < -0.39 is 5.60 Å². The molecule has 3 atom stereocenters. The number of hydrogen-bond acceptors (Lipinski definition) is 2. The smallest absolute Gasteiger partial charge is 0.0684 e. The van der Waals surface area contributed by atoms with E-state index in [-0.39, 0.29) is 5.41 Å². The molecule has 0 aromatic rings. The molecule has 0 aromatic heterocycles. The standard InChI is InChI=1S/C14H27NO/c1-12(2)11-6-7-14(12,8-9-15(4)5)13(3,16)10-11/h11,16H,6-10H2,1-5H3/t11-,13-,14+/m0/s1. The summed E-state index contributed by atoms with van der Waals surface area (Å²) in [6.07, 6.45) is 4.67. The second-order valence-electron chi connectivity index (χ2n) is 7.07. The van der Waals surface area contributed by atoms with Crippen LogP contribution >= 0.6 is 0 Å². The first-order chi connectivity index (χ1) is 7.23. The van der Waals surface area contributed by atoms with Gasteiger partial charge in [-0.05, 0) is 64.6 Å². The van der Waals surface area contributed by atoms with Crippen molar-refractivity contribution < 1.29 is 5.11 Å². The highest BCUT2D eigenvalue weighted by Crippen LogP contribution is 2.71. The predicted octanol–water partition coefficient (Wildman–Crippen LogP) is 2.52. The first kappa shape index (κ1) is 12.4. The molecule has 2 bridgehead atoms. The first-order valence-corrected chi connectivity index (χ1v) is 6.60. The van der Waals surface area contributed by atoms with Gasteiger partial charge in [0.1, 0.15) is 0 Å². The number of aliphatic hydroxyl groups is 1. The molecule has 2 aliphatic carbocycles. The summed E-state index contributed by atoms with van der Waals surface area (Å²) in [4.78, 5) is 2.24. The van der Waals surface area contributed by atoms with Gasteiger partial charge in [-0.25, -0.2) is 0 Å². The SMILES string of the molecule is CN(C)CC[C@@]12CC[C@@H](C[C@]1(C)O)C2(C)C. The number of rotatable bonds is 3. The first-order valence-electron chi connectivity index (χ1n) is 6.60. The Morgan fingerprint density at radius 1 is 1.25 bits per heavy atom. The molecule has 1 N–H and O–H groups in total. The Labute approximate surface area is 100 Å². The van der Waals surface area contributed by atoms with Crippen LogP contribution in [0.3, 0.4) is 0 Å². The van der Waals surface area contributed by atoms with E-state index in [4.69, 9.17) is 0 Å². The van der Waals surface area contributed by atoms with E-state index in [0.717, 1.165) is 25.3 Å². The van der Waals surface area contributed by atoms with Gasteiger partial charge in [0, 0.05) is 5.41 Å². The van der Waals surface area contributed by atoms with Crippen LogP contribution in [0.15, 0.2) is 0 Å². The van der Waals surface area contributed by atoms with Gasteiger partial charge in [0.2, 0.25) is 0 Å². The number of hydrogen-bond donors (Lipinski definition) is 1. The van der Waals surface area contributed by atoms with Crippen molar-refractivity contribution in [3.63, 3.8) is 0 Å². The van der Waals surface area contributed by atoms with E-state index in [1.54, 1.807) is 0 Å². The minimum atomic E-state index is -0.449. The zero-order valence-corrected chi connectivity index (χ0v) is 11.5. The van der Waals surface area contributed by atoms with Crippen LogP contribution in [-0.4, -0.2) is 36.2 Å². The Morgan fingerprint density at radius 2 is 1.88 bits per heavy atom. The van der Waals surface area contributed by atoms with Gasteiger partial charge in [0.15, 0.2) is 0 Å². The lowest BCUT2D eigenvalue weighted by atomic mass is 9.61. The van der Waals surface area contributed by atoms with E-state index in [1.807, 2.05) is 0 Å². The monoisotopic (exact) mass is 225 g/mol. The van der Waals surface area contributed by atoms with Crippen molar-refractivity contribution in [2.75, 3.05) is 20.6 Å². The summed E-state index contributed by atoms with van der Waals surface area (Å²) in [5, 5.41) is 10.8. The third-order valence-electron chi connectivity index (χ3n) is 5.83. The van der Waals surface area contributed by atoms with Crippen molar-refractivity contribution in [3.8, 4) is 0 Å². The molecule has 0 amide bonds. The second kappa shape index (κ2) is 3.46. The van der Waals surface area contributed by atoms with E-state index >= 15 is 0 Å². The molecule has 0 heterocycles. The van der Waals surface area contributed by atoms with Crippen LogP contribution in [0.25, 0.3) is 0 Å². The van der Waals surface area contributed by atoms with Gasteiger partial charge in [0.05, 0.1) is 5.60 Å². The van der Waals surface area contributed by atoms with Crippen molar-refractivity contribution in [1.82, 2.24) is 4.90 Å². The molecule has 16 heavy (non-hydrogen) atoms. The molecular formula is C14H27NO. The third-order valence-corrected chi connectivity index (χ3v) is 5.83. The lowest BCUT2D eigenvalue weighted by Crippen LogP contribution is -2.48. The molecule has 2 saturated carbocycles. The van der Waals surface area contributed by atoms with Gasteiger partial charge in [-0.15, -0.1) is 0 Å². The average molecular weight is 225 g/mol. The van der Waals surface area contributed by atoms with Crippen molar-refractivity contribution in [1.29, 1.82) is 0 Å². The van der Waals surface area contributed by atoms with Crippen LogP contribution in [0.2, 0.25) is 0 Å². The fourth-order valence-electron chi connectivity index (χ4n) is 4.62. The summed E-state index contributed by atoms with van der Waals surface area (Å²) in [6, 6.07) is 0. The number of nitrogens with zero attached hydrogens (tertiary/aromatic N) is 1. The Morgan fingerprint density at radius 3 is 2.25 bits per heavy atom. The maximum atomic E-state index is 10.8. The highest BCUT2D eigenvalue weighted by molar-refractivity contribution is 5.18. The molecule has 0 spiro atoms. The van der Waals surface area contributed by atoms with E-state index in [0.29, 0.717) is 5.41 Å². The predicted molar refractivity (Wildman–Crippen MR) is 67.3 cm³/mol. The second-order valence-corrected chi connectivity index (χ2v) is 7.07. The van der Waals surface area contributed by atoms with E-state index in [9.17, 15) is 5.11 Å². The highest BCUT2D eigenvalue weighted by Gasteiger charge is 2.68. The summed E-state index contributed by atoms with van der Waals surface area (Å²) < 4.78 is 0. The Balaban J connectivity index is 2.27. The molecule has 2 rings (SSSR count). The van der Waals surface area contributed by atoms with Crippen LogP contribution in [-0.2, 0) is 0 Å². The lowest BCUT2D eigenvalue weighted by molar-refractivity contribution is -0.0936. The number of fused-ring (bicyclic) bond motifs is 2. The molecule has 94 valence electrons. The zero-order chi connectivity index (χ0) is 12.2. The van der Waals surface area contributed by atoms with Crippen LogP contribution < -0.4 is 0 Å². The fourth-order valence-corrected chi connectivity index (χ4v) is 4.62. The van der Waals surface area contributed by atoms with Crippen molar-refractivity contribution in [3.05, 3.63) is 0 Å². The van der Waals surface area contributed by atoms with Crippen molar-refractivity contribution >= 4 is 0 Å². The fraction of sp³-hybridized carbons (Fsp3) is 1.00. The topological polar surface area (TPSA) is 23.5 Å². The van der Waals surface area contributed by atoms with Gasteiger partial charge >= 0.3 is 0 Å². The Kier molecular flexibility index (Phi) is 2.67. The van der Waals surface area contributed by atoms with Gasteiger partial charge in [-0.3, -0.25) is 0 Å². The summed E-state index contributed by atoms with van der Waals surface area (Å²) in [6.45, 7) is 7.92. The zero-order valence-electron chi connectivity index (χ0n) is 11.5. The molecule has 0 aromatic carbocycles. The largest absolute Gasteiger partial charge is 0.390 e. The average Bonchev–Trinajstić information content (AvgIpc) is 2.44. The molecule has 2 nitrogen and oxygen atoms in total. The van der Waals surface area contributed by atoms with Gasteiger partial charge < -0.3 is 10.0 Å². The molecular weight excluding hydrogens is 198 g/mol. The third kappa shape index (κ3) is 1.39. The lowest BCUT2D eigenvalue weighted by Gasteiger charge is -2.47. The molecule has 0 radical (unpaired) electrons.